The summed E-state index contributed by atoms with van der Waals surface area (Å²) >= 11 is 5.80. The molecule has 7 nitrogen and oxygen atoms in total. The van der Waals surface area contributed by atoms with Crippen molar-refractivity contribution < 1.29 is 9.50 Å². The maximum atomic E-state index is 13.3. The molecule has 2 heterocycles. The van der Waals surface area contributed by atoms with Crippen LogP contribution in [0, 0.1) is 5.82 Å². The van der Waals surface area contributed by atoms with Gasteiger partial charge >= 0.3 is 0 Å². The maximum absolute atomic E-state index is 13.3. The summed E-state index contributed by atoms with van der Waals surface area (Å²) in [6.07, 6.45) is 7.31. The number of hydrogen-bond acceptors (Lipinski definition) is 7. The first kappa shape index (κ1) is 20.8. The number of nitrogens with two attached hydrogens (primary N) is 1. The molecule has 0 amide bonds. The summed E-state index contributed by atoms with van der Waals surface area (Å²) in [5, 5.41) is 12.7. The molecule has 1 aliphatic heterocycles. The molecule has 1 fully saturated rings. The lowest BCUT2D eigenvalue weighted by molar-refractivity contribution is 0.0969. The zero-order valence-corrected chi connectivity index (χ0v) is 16.5. The summed E-state index contributed by atoms with van der Waals surface area (Å²) in [4.78, 5) is 14.4. The third-order valence-electron chi connectivity index (χ3n) is 4.51. The quantitative estimate of drug-likeness (QED) is 0.626. The van der Waals surface area contributed by atoms with E-state index in [0.29, 0.717) is 54.4 Å². The summed E-state index contributed by atoms with van der Waals surface area (Å²) in [6, 6.07) is 4.25. The maximum Gasteiger partial charge on any atom is 0.141 e. The Balaban J connectivity index is 1.81. The Kier molecular flexibility index (Phi) is 6.79. The van der Waals surface area contributed by atoms with Crippen LogP contribution in [0.3, 0.4) is 0 Å². The molecule has 29 heavy (non-hydrogen) atoms. The summed E-state index contributed by atoms with van der Waals surface area (Å²) in [5.74, 6) is 0.344. The minimum atomic E-state index is -0.500. The van der Waals surface area contributed by atoms with Crippen LogP contribution in [-0.4, -0.2) is 45.4 Å². The number of nitrogens with one attached hydrogen (secondary N) is 1. The molecule has 152 valence electrons. The number of aliphatic imine (C=N–C) groups is 1. The number of anilines is 1. The SMILES string of the molecule is C=C(/N=C\C(=C(/N)N1CCC(O)CC1)c1cncnc1)Nc1ccc(F)c(Cl)c1. The summed E-state index contributed by atoms with van der Waals surface area (Å²) < 4.78 is 13.3. The van der Waals surface area contributed by atoms with E-state index in [0.717, 1.165) is 0 Å². The molecule has 0 atom stereocenters. The van der Waals surface area contributed by atoms with Gasteiger partial charge in [0.2, 0.25) is 0 Å². The molecule has 0 unspecified atom stereocenters. The standard InChI is InChI=1S/C20H22ClFN6O/c1-13(27-15-2-3-19(22)18(21)8-15)26-11-17(14-9-24-12-25-10-14)20(23)28-6-4-16(29)5-7-28/h2-3,8-12,16,27,29H,1,4-7,23H2/b20-17-,26-11-. The van der Waals surface area contributed by atoms with E-state index in [1.165, 1.54) is 24.5 Å². The van der Waals surface area contributed by atoms with Gasteiger partial charge in [-0.2, -0.15) is 0 Å². The topological polar surface area (TPSA) is 99.7 Å². The largest absolute Gasteiger partial charge is 0.393 e. The molecule has 0 bridgehead atoms. The van der Waals surface area contributed by atoms with E-state index in [9.17, 15) is 9.50 Å². The third kappa shape index (κ3) is 5.52. The molecule has 0 radical (unpaired) electrons. The van der Waals surface area contributed by atoms with E-state index < -0.39 is 5.82 Å². The van der Waals surface area contributed by atoms with Crippen molar-refractivity contribution in [1.29, 1.82) is 0 Å². The number of allylic oxidation sites excluding steroid dienone is 1. The minimum Gasteiger partial charge on any atom is -0.393 e. The Hall–Kier alpha value is -2.97. The highest BCUT2D eigenvalue weighted by atomic mass is 35.5. The molecule has 1 aromatic heterocycles. The fourth-order valence-corrected chi connectivity index (χ4v) is 3.10. The highest BCUT2D eigenvalue weighted by molar-refractivity contribution is 6.31. The van der Waals surface area contributed by atoms with Gasteiger partial charge in [-0.25, -0.2) is 19.4 Å². The van der Waals surface area contributed by atoms with Crippen molar-refractivity contribution >= 4 is 29.1 Å². The van der Waals surface area contributed by atoms with Crippen molar-refractivity contribution in [2.45, 2.75) is 18.9 Å². The fraction of sp³-hybridized carbons (Fsp3) is 0.250. The van der Waals surface area contributed by atoms with E-state index in [-0.39, 0.29) is 11.1 Å². The number of nitrogens with zero attached hydrogens (tertiary/aromatic N) is 4. The van der Waals surface area contributed by atoms with Gasteiger partial charge in [-0.1, -0.05) is 18.2 Å². The van der Waals surface area contributed by atoms with Gasteiger partial charge < -0.3 is 21.1 Å². The lowest BCUT2D eigenvalue weighted by atomic mass is 10.1. The number of hydrogen-bond donors (Lipinski definition) is 3. The second-order valence-electron chi connectivity index (χ2n) is 6.60. The van der Waals surface area contributed by atoms with Gasteiger partial charge in [0.25, 0.3) is 0 Å². The minimum absolute atomic E-state index is 0.00493. The molecule has 2 aromatic rings. The first-order valence-electron chi connectivity index (χ1n) is 9.07. The number of aliphatic hydroxyl groups is 1. The Labute approximate surface area is 173 Å². The predicted octanol–water partition coefficient (Wildman–Crippen LogP) is 3.01. The van der Waals surface area contributed by atoms with Gasteiger partial charge in [0.05, 0.1) is 11.1 Å². The number of aliphatic hydroxyl groups excluding tert-OH is 1. The Bertz CT molecular complexity index is 926. The smallest absolute Gasteiger partial charge is 0.141 e. The number of benzene rings is 1. The molecule has 1 aromatic carbocycles. The summed E-state index contributed by atoms with van der Waals surface area (Å²) in [6.45, 7) is 5.15. The monoisotopic (exact) mass is 416 g/mol. The zero-order valence-electron chi connectivity index (χ0n) is 15.7. The van der Waals surface area contributed by atoms with Crippen LogP contribution in [0.4, 0.5) is 10.1 Å². The number of aromatic nitrogens is 2. The Morgan fingerprint density at radius 2 is 2.03 bits per heavy atom. The van der Waals surface area contributed by atoms with Crippen LogP contribution in [0.2, 0.25) is 5.02 Å². The van der Waals surface area contributed by atoms with E-state index in [1.54, 1.807) is 18.6 Å². The van der Waals surface area contributed by atoms with Crippen molar-refractivity contribution in [3.63, 3.8) is 0 Å². The number of halogens is 2. The number of rotatable bonds is 6. The second kappa shape index (κ2) is 9.49. The normalized spacial score (nSPS) is 16.0. The molecule has 0 saturated carbocycles. The molecule has 4 N–H and O–H groups in total. The summed E-state index contributed by atoms with van der Waals surface area (Å²) in [7, 11) is 0. The van der Waals surface area contributed by atoms with Crippen molar-refractivity contribution in [2.75, 3.05) is 18.4 Å². The van der Waals surface area contributed by atoms with Gasteiger partial charge in [-0.15, -0.1) is 0 Å². The molecule has 9 heteroatoms. The van der Waals surface area contributed by atoms with Crippen molar-refractivity contribution in [3.8, 4) is 0 Å². The highest BCUT2D eigenvalue weighted by Crippen LogP contribution is 2.22. The first-order chi connectivity index (χ1) is 13.9. The lowest BCUT2D eigenvalue weighted by Gasteiger charge is -2.32. The second-order valence-corrected chi connectivity index (χ2v) is 7.01. The van der Waals surface area contributed by atoms with E-state index >= 15 is 0 Å². The van der Waals surface area contributed by atoms with Crippen molar-refractivity contribution in [1.82, 2.24) is 14.9 Å². The molecule has 0 spiro atoms. The van der Waals surface area contributed by atoms with Crippen LogP contribution >= 0.6 is 11.6 Å². The van der Waals surface area contributed by atoms with Crippen LogP contribution in [0.25, 0.3) is 5.57 Å². The Morgan fingerprint density at radius 1 is 1.34 bits per heavy atom. The average molecular weight is 417 g/mol. The van der Waals surface area contributed by atoms with Crippen LogP contribution in [-0.2, 0) is 0 Å². The van der Waals surface area contributed by atoms with Crippen LogP contribution in [0.5, 0.6) is 0 Å². The van der Waals surface area contributed by atoms with Crippen molar-refractivity contribution in [2.24, 2.45) is 10.7 Å². The highest BCUT2D eigenvalue weighted by Gasteiger charge is 2.20. The molecule has 0 aliphatic carbocycles. The zero-order chi connectivity index (χ0) is 20.8. The number of likely N-dealkylation sites (tertiary alicyclic amines) is 1. The van der Waals surface area contributed by atoms with E-state index in [1.807, 2.05) is 4.90 Å². The van der Waals surface area contributed by atoms with E-state index in [4.69, 9.17) is 17.3 Å². The third-order valence-corrected chi connectivity index (χ3v) is 4.80. The molecule has 3 rings (SSSR count). The molecular weight excluding hydrogens is 395 g/mol. The van der Waals surface area contributed by atoms with Gasteiger partial charge in [0.15, 0.2) is 0 Å². The van der Waals surface area contributed by atoms with Gasteiger partial charge in [-0.3, -0.25) is 0 Å². The average Bonchev–Trinajstić information content (AvgIpc) is 2.72. The van der Waals surface area contributed by atoms with Crippen LogP contribution < -0.4 is 11.1 Å². The number of piperidine rings is 1. The van der Waals surface area contributed by atoms with Crippen LogP contribution in [0.1, 0.15) is 18.4 Å². The van der Waals surface area contributed by atoms with Gasteiger partial charge in [-0.05, 0) is 31.0 Å². The van der Waals surface area contributed by atoms with Gasteiger partial charge in [0, 0.05) is 48.5 Å². The lowest BCUT2D eigenvalue weighted by Crippen LogP contribution is -2.38. The van der Waals surface area contributed by atoms with Crippen molar-refractivity contribution in [3.05, 3.63) is 71.5 Å². The molecule has 1 saturated heterocycles. The first-order valence-corrected chi connectivity index (χ1v) is 9.45. The predicted molar refractivity (Wildman–Crippen MR) is 113 cm³/mol. The molecular formula is C20H22ClFN6O. The molecule has 1 aliphatic rings. The van der Waals surface area contributed by atoms with Gasteiger partial charge in [0.1, 0.15) is 23.8 Å². The van der Waals surface area contributed by atoms with Crippen LogP contribution in [0.15, 0.2) is 60.1 Å². The van der Waals surface area contributed by atoms with E-state index in [2.05, 4.69) is 26.9 Å². The summed E-state index contributed by atoms with van der Waals surface area (Å²) in [5.41, 5.74) is 8.32. The fourth-order valence-electron chi connectivity index (χ4n) is 2.92. The Morgan fingerprint density at radius 3 is 2.69 bits per heavy atom.